The Hall–Kier alpha value is -4.94. The molecule has 0 N–H and O–H groups in total. The molecule has 2 aromatic carbocycles. The summed E-state index contributed by atoms with van der Waals surface area (Å²) in [4.78, 5) is 18.6. The number of ether oxygens (including phenoxy) is 2. The Kier molecular flexibility index (Phi) is 6.56. The fourth-order valence-corrected chi connectivity index (χ4v) is 4.56. The fraction of sp³-hybridized carbons (Fsp3) is 0.286. The van der Waals surface area contributed by atoms with E-state index in [0.717, 1.165) is 0 Å². The van der Waals surface area contributed by atoms with Crippen LogP contribution >= 0.6 is 0 Å². The van der Waals surface area contributed by atoms with E-state index in [1.165, 1.54) is 22.8 Å². The van der Waals surface area contributed by atoms with Gasteiger partial charge in [0.05, 0.1) is 30.4 Å². The summed E-state index contributed by atoms with van der Waals surface area (Å²) >= 11 is 0. The van der Waals surface area contributed by atoms with Crippen molar-refractivity contribution in [2.45, 2.75) is 46.1 Å². The van der Waals surface area contributed by atoms with Crippen molar-refractivity contribution in [1.82, 2.24) is 39.5 Å². The standard InChI is InChI=1S/C28H26F2N8O3/c1-28(2,3)41-27(39)36-12-13-37-23(15-36)32-22(34-37)16-40-26-24(17-8-4-6-10-19(17)29)21-14-31-33-25(38(21)35-26)18-9-5-7-11-20(18)30/h4-11,14H,12-13,15-16H2,1-3H3. The van der Waals surface area contributed by atoms with Crippen LogP contribution in [0.1, 0.15) is 32.4 Å². The number of amides is 1. The molecular formula is C28H26F2N8O3. The zero-order valence-electron chi connectivity index (χ0n) is 22.6. The molecule has 0 saturated heterocycles. The van der Waals surface area contributed by atoms with E-state index in [-0.39, 0.29) is 36.0 Å². The van der Waals surface area contributed by atoms with Crippen molar-refractivity contribution in [2.24, 2.45) is 0 Å². The van der Waals surface area contributed by atoms with Crippen molar-refractivity contribution in [3.05, 3.63) is 78.0 Å². The Morgan fingerprint density at radius 3 is 2.39 bits per heavy atom. The maximum Gasteiger partial charge on any atom is 0.410 e. The van der Waals surface area contributed by atoms with Gasteiger partial charge in [0.25, 0.3) is 0 Å². The Morgan fingerprint density at radius 1 is 0.976 bits per heavy atom. The predicted octanol–water partition coefficient (Wildman–Crippen LogP) is 4.66. The van der Waals surface area contributed by atoms with Crippen LogP contribution in [0.25, 0.3) is 28.0 Å². The summed E-state index contributed by atoms with van der Waals surface area (Å²) in [5.41, 5.74) is 0.509. The van der Waals surface area contributed by atoms with Crippen LogP contribution < -0.4 is 4.74 Å². The van der Waals surface area contributed by atoms with Crippen LogP contribution in [0.2, 0.25) is 0 Å². The van der Waals surface area contributed by atoms with Crippen molar-refractivity contribution in [3.8, 4) is 28.4 Å². The van der Waals surface area contributed by atoms with Crippen molar-refractivity contribution in [3.63, 3.8) is 0 Å². The molecule has 0 radical (unpaired) electrons. The van der Waals surface area contributed by atoms with E-state index in [9.17, 15) is 9.18 Å². The first-order chi connectivity index (χ1) is 19.7. The highest BCUT2D eigenvalue weighted by molar-refractivity contribution is 5.85. The summed E-state index contributed by atoms with van der Waals surface area (Å²) in [6.45, 7) is 6.45. The highest BCUT2D eigenvalue weighted by Gasteiger charge is 2.28. The van der Waals surface area contributed by atoms with Crippen molar-refractivity contribution in [1.29, 1.82) is 0 Å². The van der Waals surface area contributed by atoms with Crippen LogP contribution in [0.5, 0.6) is 5.88 Å². The van der Waals surface area contributed by atoms with Crippen LogP contribution in [0.15, 0.2) is 54.7 Å². The van der Waals surface area contributed by atoms with Crippen LogP contribution in [-0.2, 0) is 24.4 Å². The van der Waals surface area contributed by atoms with E-state index in [1.54, 1.807) is 46.0 Å². The zero-order chi connectivity index (χ0) is 28.7. The van der Waals surface area contributed by atoms with Gasteiger partial charge in [0.15, 0.2) is 18.3 Å². The molecule has 1 aliphatic rings. The molecular weight excluding hydrogens is 534 g/mol. The van der Waals surface area contributed by atoms with Gasteiger partial charge in [-0.2, -0.15) is 10.2 Å². The highest BCUT2D eigenvalue weighted by Crippen LogP contribution is 2.37. The summed E-state index contributed by atoms with van der Waals surface area (Å²) in [6, 6.07) is 12.3. The van der Waals surface area contributed by atoms with E-state index in [1.807, 2.05) is 20.8 Å². The molecule has 1 amide bonds. The lowest BCUT2D eigenvalue weighted by molar-refractivity contribution is 0.0190. The number of nitrogens with zero attached hydrogens (tertiary/aromatic N) is 8. The minimum Gasteiger partial charge on any atom is -0.468 e. The number of carbonyl (C=O) groups is 1. The number of carbonyl (C=O) groups excluding carboxylic acids is 1. The first-order valence-electron chi connectivity index (χ1n) is 13.0. The summed E-state index contributed by atoms with van der Waals surface area (Å²) in [5, 5.41) is 17.2. The van der Waals surface area contributed by atoms with Crippen molar-refractivity contribution >= 4 is 11.6 Å². The molecule has 11 nitrogen and oxygen atoms in total. The Balaban J connectivity index is 1.33. The molecule has 0 unspecified atom stereocenters. The molecule has 41 heavy (non-hydrogen) atoms. The van der Waals surface area contributed by atoms with Gasteiger partial charge in [-0.3, -0.25) is 4.90 Å². The predicted molar refractivity (Wildman–Crippen MR) is 143 cm³/mol. The largest absolute Gasteiger partial charge is 0.468 e. The van der Waals surface area contributed by atoms with Crippen LogP contribution in [0, 0.1) is 11.6 Å². The molecule has 0 bridgehead atoms. The second kappa shape index (κ2) is 10.2. The van der Waals surface area contributed by atoms with Gasteiger partial charge >= 0.3 is 6.09 Å². The van der Waals surface area contributed by atoms with Gasteiger partial charge in [-0.15, -0.1) is 10.2 Å². The van der Waals surface area contributed by atoms with Crippen molar-refractivity contribution < 1.29 is 23.0 Å². The third-order valence-electron chi connectivity index (χ3n) is 6.38. The van der Waals surface area contributed by atoms with Crippen LogP contribution in [0.3, 0.4) is 0 Å². The molecule has 0 spiro atoms. The van der Waals surface area contributed by atoms with Crippen LogP contribution in [0.4, 0.5) is 13.6 Å². The summed E-state index contributed by atoms with van der Waals surface area (Å²) in [6.07, 6.45) is 1.00. The van der Waals surface area contributed by atoms with Crippen molar-refractivity contribution in [2.75, 3.05) is 6.54 Å². The summed E-state index contributed by atoms with van der Waals surface area (Å²) < 4.78 is 44.3. The Bertz CT molecular complexity index is 1760. The van der Waals surface area contributed by atoms with Gasteiger partial charge in [-0.1, -0.05) is 30.3 Å². The van der Waals surface area contributed by atoms with Gasteiger partial charge in [0, 0.05) is 12.1 Å². The van der Waals surface area contributed by atoms with Gasteiger partial charge in [0.1, 0.15) is 28.6 Å². The molecule has 0 fully saturated rings. The van der Waals surface area contributed by atoms with Crippen LogP contribution in [-0.4, -0.2) is 57.7 Å². The van der Waals surface area contributed by atoms with E-state index < -0.39 is 23.3 Å². The van der Waals surface area contributed by atoms with Gasteiger partial charge in [0.2, 0.25) is 5.88 Å². The second-order valence-electron chi connectivity index (χ2n) is 10.5. The summed E-state index contributed by atoms with van der Waals surface area (Å²) in [7, 11) is 0. The number of hydrogen-bond donors (Lipinski definition) is 0. The van der Waals surface area contributed by atoms with E-state index >= 15 is 4.39 Å². The lowest BCUT2D eigenvalue weighted by Crippen LogP contribution is -2.41. The molecule has 0 atom stereocenters. The number of fused-ring (bicyclic) bond motifs is 2. The number of halogens is 2. The minimum absolute atomic E-state index is 0.0747. The molecule has 4 heterocycles. The number of benzene rings is 2. The number of rotatable bonds is 5. The molecule has 3 aromatic heterocycles. The van der Waals surface area contributed by atoms with E-state index in [0.29, 0.717) is 35.8 Å². The molecule has 210 valence electrons. The molecule has 0 aliphatic carbocycles. The van der Waals surface area contributed by atoms with Gasteiger partial charge in [-0.25, -0.2) is 27.8 Å². The van der Waals surface area contributed by atoms with Gasteiger partial charge < -0.3 is 9.47 Å². The molecule has 0 saturated carbocycles. The first kappa shape index (κ1) is 26.3. The zero-order valence-corrected chi connectivity index (χ0v) is 22.6. The van der Waals surface area contributed by atoms with Gasteiger partial charge in [-0.05, 0) is 39.0 Å². The van der Waals surface area contributed by atoms with E-state index in [4.69, 9.17) is 9.47 Å². The average molecular weight is 561 g/mol. The monoisotopic (exact) mass is 560 g/mol. The fourth-order valence-electron chi connectivity index (χ4n) is 4.56. The average Bonchev–Trinajstić information content (AvgIpc) is 3.52. The SMILES string of the molecule is CC(C)(C)OC(=O)N1CCn2nc(COc3nn4c(-c5ccccc5F)nncc4c3-c3ccccc3F)nc2C1. The molecule has 6 rings (SSSR count). The quantitative estimate of drug-likeness (QED) is 0.305. The maximum absolute atomic E-state index is 15.0. The smallest absolute Gasteiger partial charge is 0.410 e. The first-order valence-corrected chi connectivity index (χ1v) is 13.0. The summed E-state index contributed by atoms with van der Waals surface area (Å²) in [5.74, 6) is 0.146. The maximum atomic E-state index is 15.0. The third-order valence-corrected chi connectivity index (χ3v) is 6.38. The Morgan fingerprint density at radius 2 is 1.68 bits per heavy atom. The molecule has 13 heteroatoms. The second-order valence-corrected chi connectivity index (χ2v) is 10.5. The molecule has 1 aliphatic heterocycles. The molecule has 5 aromatic rings. The topological polar surface area (TPSA) is 113 Å². The Labute approximate surface area is 233 Å². The van der Waals surface area contributed by atoms with E-state index in [2.05, 4.69) is 25.4 Å². The number of aromatic nitrogens is 7. The normalized spacial score (nSPS) is 13.3. The highest BCUT2D eigenvalue weighted by atomic mass is 19.1. The number of hydrogen-bond acceptors (Lipinski definition) is 8. The third kappa shape index (κ3) is 5.17. The lowest BCUT2D eigenvalue weighted by atomic mass is 10.1. The minimum atomic E-state index is -0.609. The lowest BCUT2D eigenvalue weighted by Gasteiger charge is -2.29.